The van der Waals surface area contributed by atoms with E-state index in [4.69, 9.17) is 18.9 Å². The molecule has 0 radical (unpaired) electrons. The predicted molar refractivity (Wildman–Crippen MR) is 108 cm³/mol. The lowest BCUT2D eigenvalue weighted by Gasteiger charge is -2.31. The lowest BCUT2D eigenvalue weighted by atomic mass is 9.97. The number of ether oxygens (including phenoxy) is 4. The predicted octanol–water partition coefficient (Wildman–Crippen LogP) is 4.71. The minimum Gasteiger partial charge on any atom is -0.508 e. The molecule has 2 unspecified atom stereocenters. The van der Waals surface area contributed by atoms with E-state index in [0.29, 0.717) is 49.1 Å². The van der Waals surface area contributed by atoms with Gasteiger partial charge in [0.05, 0.1) is 19.3 Å². The average molecular weight is 408 g/mol. The molecule has 0 spiro atoms. The van der Waals surface area contributed by atoms with E-state index in [2.05, 4.69) is 0 Å². The molecule has 2 atom stereocenters. The van der Waals surface area contributed by atoms with Gasteiger partial charge in [0, 0.05) is 24.0 Å². The van der Waals surface area contributed by atoms with Gasteiger partial charge in [-0.2, -0.15) is 0 Å². The van der Waals surface area contributed by atoms with Crippen LogP contribution in [0.25, 0.3) is 0 Å². The van der Waals surface area contributed by atoms with E-state index in [1.54, 1.807) is 12.1 Å². The molecule has 0 aromatic heterocycles. The number of hydrogen-bond donors (Lipinski definition) is 2. The highest BCUT2D eigenvalue weighted by Crippen LogP contribution is 2.42. The number of allylic oxidation sites excluding steroid dienone is 2. The topological polar surface area (TPSA) is 77.4 Å². The normalized spacial score (nSPS) is 23.0. The molecule has 2 aromatic rings. The highest BCUT2D eigenvalue weighted by atomic mass is 16.6. The molecular formula is C24H24O6. The van der Waals surface area contributed by atoms with Gasteiger partial charge >= 0.3 is 0 Å². The molecule has 0 amide bonds. The average Bonchev–Trinajstić information content (AvgIpc) is 3.15. The summed E-state index contributed by atoms with van der Waals surface area (Å²) in [6.45, 7) is 4.47. The van der Waals surface area contributed by atoms with Gasteiger partial charge < -0.3 is 29.2 Å². The maximum absolute atomic E-state index is 10.0. The summed E-state index contributed by atoms with van der Waals surface area (Å²) in [5, 5.41) is 20.1. The molecule has 3 aliphatic heterocycles. The van der Waals surface area contributed by atoms with Crippen LogP contribution < -0.4 is 0 Å². The van der Waals surface area contributed by atoms with Crippen molar-refractivity contribution in [3.8, 4) is 11.5 Å². The SMILES string of the molecule is CC1=C(CC2OCc3c(O)cccc32)OC(C)=C(C2Cc3cccc(O)c3CO2)O1. The van der Waals surface area contributed by atoms with Crippen LogP contribution in [0.3, 0.4) is 0 Å². The third kappa shape index (κ3) is 3.22. The minimum atomic E-state index is -0.267. The molecule has 0 aliphatic carbocycles. The van der Waals surface area contributed by atoms with Crippen molar-refractivity contribution in [2.45, 2.75) is 52.1 Å². The van der Waals surface area contributed by atoms with Gasteiger partial charge in [-0.05, 0) is 37.1 Å². The van der Waals surface area contributed by atoms with Crippen LogP contribution in [-0.4, -0.2) is 16.3 Å². The van der Waals surface area contributed by atoms with Crippen molar-refractivity contribution in [1.82, 2.24) is 0 Å². The summed E-state index contributed by atoms with van der Waals surface area (Å²) >= 11 is 0. The highest BCUT2D eigenvalue weighted by molar-refractivity contribution is 5.43. The monoisotopic (exact) mass is 408 g/mol. The zero-order chi connectivity index (χ0) is 20.8. The van der Waals surface area contributed by atoms with Crippen LogP contribution in [0.15, 0.2) is 59.4 Å². The molecule has 3 heterocycles. The molecule has 0 bridgehead atoms. The molecule has 3 aliphatic rings. The van der Waals surface area contributed by atoms with Gasteiger partial charge in [-0.3, -0.25) is 0 Å². The van der Waals surface area contributed by atoms with Crippen molar-refractivity contribution < 1.29 is 29.2 Å². The summed E-state index contributed by atoms with van der Waals surface area (Å²) in [7, 11) is 0. The van der Waals surface area contributed by atoms with Crippen molar-refractivity contribution in [1.29, 1.82) is 0 Å². The second kappa shape index (κ2) is 7.38. The first-order chi connectivity index (χ1) is 14.5. The lowest BCUT2D eigenvalue weighted by Crippen LogP contribution is -2.28. The van der Waals surface area contributed by atoms with Crippen LogP contribution in [0.2, 0.25) is 0 Å². The molecule has 0 saturated carbocycles. The highest BCUT2D eigenvalue weighted by Gasteiger charge is 2.33. The van der Waals surface area contributed by atoms with E-state index in [1.165, 1.54) is 0 Å². The molecule has 6 heteroatoms. The Morgan fingerprint density at radius 2 is 1.60 bits per heavy atom. The van der Waals surface area contributed by atoms with Gasteiger partial charge in [0.1, 0.15) is 34.9 Å². The van der Waals surface area contributed by atoms with Gasteiger partial charge in [0.15, 0.2) is 5.76 Å². The van der Waals surface area contributed by atoms with Crippen LogP contribution in [0.4, 0.5) is 0 Å². The second-order valence-corrected chi connectivity index (χ2v) is 7.87. The summed E-state index contributed by atoms with van der Waals surface area (Å²) in [4.78, 5) is 0. The van der Waals surface area contributed by atoms with Crippen molar-refractivity contribution in [3.05, 3.63) is 81.7 Å². The Morgan fingerprint density at radius 3 is 2.43 bits per heavy atom. The van der Waals surface area contributed by atoms with Crippen LogP contribution in [0.1, 0.15) is 48.6 Å². The second-order valence-electron chi connectivity index (χ2n) is 7.87. The zero-order valence-electron chi connectivity index (χ0n) is 17.0. The van der Waals surface area contributed by atoms with Gasteiger partial charge in [0.25, 0.3) is 0 Å². The van der Waals surface area contributed by atoms with Gasteiger partial charge in [-0.15, -0.1) is 0 Å². The third-order valence-corrected chi connectivity index (χ3v) is 5.99. The maximum atomic E-state index is 10.0. The number of phenols is 2. The Hall–Kier alpha value is -2.96. The van der Waals surface area contributed by atoms with Crippen molar-refractivity contribution in [3.63, 3.8) is 0 Å². The molecule has 2 N–H and O–H groups in total. The summed E-state index contributed by atoms with van der Waals surface area (Å²) in [5.41, 5.74) is 3.71. The Balaban J connectivity index is 1.32. The Morgan fingerprint density at radius 1 is 0.867 bits per heavy atom. The first-order valence-corrected chi connectivity index (χ1v) is 10.1. The Kier molecular flexibility index (Phi) is 4.68. The van der Waals surface area contributed by atoms with E-state index in [-0.39, 0.29) is 23.7 Å². The van der Waals surface area contributed by atoms with Crippen molar-refractivity contribution >= 4 is 0 Å². The first kappa shape index (κ1) is 19.0. The molecule has 30 heavy (non-hydrogen) atoms. The Bertz CT molecular complexity index is 1070. The molecular weight excluding hydrogens is 384 g/mol. The number of rotatable bonds is 3. The molecule has 6 nitrogen and oxygen atoms in total. The fourth-order valence-corrected chi connectivity index (χ4v) is 4.33. The summed E-state index contributed by atoms with van der Waals surface area (Å²) in [6, 6.07) is 11.0. The van der Waals surface area contributed by atoms with Crippen molar-refractivity contribution in [2.24, 2.45) is 0 Å². The molecule has 156 valence electrons. The van der Waals surface area contributed by atoms with E-state index in [0.717, 1.165) is 22.3 Å². The van der Waals surface area contributed by atoms with Crippen LogP contribution in [-0.2, 0) is 38.6 Å². The lowest BCUT2D eigenvalue weighted by molar-refractivity contribution is 0.000995. The van der Waals surface area contributed by atoms with E-state index in [9.17, 15) is 10.2 Å². The maximum Gasteiger partial charge on any atom is 0.171 e. The van der Waals surface area contributed by atoms with E-state index >= 15 is 0 Å². The van der Waals surface area contributed by atoms with Gasteiger partial charge in [-0.25, -0.2) is 0 Å². The first-order valence-electron chi connectivity index (χ1n) is 10.1. The zero-order valence-corrected chi connectivity index (χ0v) is 17.0. The fraction of sp³-hybridized carbons (Fsp3) is 0.333. The largest absolute Gasteiger partial charge is 0.508 e. The number of benzene rings is 2. The standard InChI is InChI=1S/C24H24O6/c1-13-21(10-22-16-6-4-8-20(26)18(16)12-27-22)29-14(2)24(30-13)23-9-15-5-3-7-19(25)17(15)11-28-23/h3-8,22-23,25-26H,9-12H2,1-2H3. The van der Waals surface area contributed by atoms with Crippen LogP contribution in [0, 0.1) is 0 Å². The summed E-state index contributed by atoms with van der Waals surface area (Å²) in [6.07, 6.45) is 0.683. The van der Waals surface area contributed by atoms with E-state index in [1.807, 2.05) is 38.1 Å². The molecule has 0 fully saturated rings. The molecule has 5 rings (SSSR count). The van der Waals surface area contributed by atoms with Crippen molar-refractivity contribution in [2.75, 3.05) is 0 Å². The smallest absolute Gasteiger partial charge is 0.171 e. The van der Waals surface area contributed by atoms with Gasteiger partial charge in [-0.1, -0.05) is 24.3 Å². The number of aromatic hydroxyl groups is 2. The summed E-state index contributed by atoms with van der Waals surface area (Å²) in [5.74, 6) is 3.25. The third-order valence-electron chi connectivity index (χ3n) is 5.99. The van der Waals surface area contributed by atoms with Crippen LogP contribution in [0.5, 0.6) is 11.5 Å². The quantitative estimate of drug-likeness (QED) is 0.766. The van der Waals surface area contributed by atoms with Gasteiger partial charge in [0.2, 0.25) is 0 Å². The molecule has 0 saturated heterocycles. The fourth-order valence-electron chi connectivity index (χ4n) is 4.33. The molecule has 2 aromatic carbocycles. The van der Waals surface area contributed by atoms with Crippen LogP contribution >= 0.6 is 0 Å². The Labute approximate surface area is 175 Å². The number of phenolic OH excluding ortho intramolecular Hbond substituents is 2. The number of hydrogen-bond acceptors (Lipinski definition) is 6. The summed E-state index contributed by atoms with van der Waals surface area (Å²) < 4.78 is 24.2. The number of fused-ring (bicyclic) bond motifs is 2. The van der Waals surface area contributed by atoms with E-state index < -0.39 is 0 Å². The minimum absolute atomic E-state index is 0.184.